The largest absolute Gasteiger partial charge is 0.277 e. The van der Waals surface area contributed by atoms with E-state index in [0.717, 1.165) is 33.3 Å². The minimum absolute atomic E-state index is 0.251. The summed E-state index contributed by atoms with van der Waals surface area (Å²) in [6, 6.07) is 65.1. The molecule has 11 aromatic rings. The van der Waals surface area contributed by atoms with Crippen molar-refractivity contribution in [2.45, 2.75) is 19.3 Å². The van der Waals surface area contributed by atoms with Crippen LogP contribution in [0.3, 0.4) is 0 Å². The normalized spacial score (nSPS) is 13.1. The lowest BCUT2D eigenvalue weighted by Gasteiger charge is -2.23. The zero-order chi connectivity index (χ0) is 39.2. The van der Waals surface area contributed by atoms with Crippen molar-refractivity contribution < 1.29 is 0 Å². The van der Waals surface area contributed by atoms with E-state index in [1.165, 1.54) is 64.3 Å². The third-order valence-electron chi connectivity index (χ3n) is 12.3. The fourth-order valence-corrected chi connectivity index (χ4v) is 10.8. The third kappa shape index (κ3) is 5.11. The Morgan fingerprint density at radius 3 is 1.93 bits per heavy atom. The Hall–Kier alpha value is -7.21. The number of thiophene rings is 1. The highest BCUT2D eigenvalue weighted by molar-refractivity contribution is 7.26. The first-order chi connectivity index (χ1) is 29.0. The fourth-order valence-electron chi connectivity index (χ4n) is 9.59. The van der Waals surface area contributed by atoms with Gasteiger partial charge in [0.2, 0.25) is 5.95 Å². The van der Waals surface area contributed by atoms with E-state index in [9.17, 15) is 0 Å². The summed E-state index contributed by atoms with van der Waals surface area (Å²) < 4.78 is 4.72. The first-order valence-electron chi connectivity index (χ1n) is 20.1. The number of hydrogen-bond donors (Lipinski definition) is 0. The molecular formula is C54H36N4S. The van der Waals surface area contributed by atoms with E-state index < -0.39 is 0 Å². The summed E-state index contributed by atoms with van der Waals surface area (Å²) in [5, 5.41) is 4.82. The summed E-state index contributed by atoms with van der Waals surface area (Å²) in [6.45, 7) is 4.70. The number of para-hydroxylation sites is 1. The Kier molecular flexibility index (Phi) is 7.41. The highest BCUT2D eigenvalue weighted by Crippen LogP contribution is 2.53. The number of aromatic nitrogens is 4. The molecule has 0 fully saturated rings. The van der Waals surface area contributed by atoms with Crippen molar-refractivity contribution in [2.75, 3.05) is 0 Å². The second-order valence-electron chi connectivity index (χ2n) is 16.0. The molecular weight excluding hydrogens is 737 g/mol. The van der Waals surface area contributed by atoms with Gasteiger partial charge in [-0.1, -0.05) is 172 Å². The Balaban J connectivity index is 1.15. The fraction of sp³-hybridized carbons (Fsp3) is 0.0556. The van der Waals surface area contributed by atoms with Crippen molar-refractivity contribution in [3.63, 3.8) is 0 Å². The molecule has 59 heavy (non-hydrogen) atoms. The first kappa shape index (κ1) is 33.9. The van der Waals surface area contributed by atoms with E-state index >= 15 is 0 Å². The van der Waals surface area contributed by atoms with E-state index in [0.29, 0.717) is 17.6 Å². The number of benzene rings is 8. The van der Waals surface area contributed by atoms with Gasteiger partial charge < -0.3 is 0 Å². The van der Waals surface area contributed by atoms with Gasteiger partial charge in [0.05, 0.1) is 11.0 Å². The molecule has 3 aromatic heterocycles. The molecule has 0 atom stereocenters. The summed E-state index contributed by atoms with van der Waals surface area (Å²) in [5.74, 6) is 1.88. The van der Waals surface area contributed by atoms with Crippen LogP contribution < -0.4 is 0 Å². The summed E-state index contributed by atoms with van der Waals surface area (Å²) in [5.41, 5.74) is 13.7. The lowest BCUT2D eigenvalue weighted by atomic mass is 9.81. The van der Waals surface area contributed by atoms with Gasteiger partial charge in [-0.2, -0.15) is 9.97 Å². The topological polar surface area (TPSA) is 43.6 Å². The van der Waals surface area contributed by atoms with Crippen molar-refractivity contribution in [3.8, 4) is 62.1 Å². The van der Waals surface area contributed by atoms with Crippen LogP contribution >= 0.6 is 11.3 Å². The van der Waals surface area contributed by atoms with Crippen molar-refractivity contribution >= 4 is 53.3 Å². The molecule has 12 rings (SSSR count). The molecule has 0 aliphatic heterocycles. The number of hydrogen-bond acceptors (Lipinski definition) is 4. The molecule has 4 nitrogen and oxygen atoms in total. The van der Waals surface area contributed by atoms with Crippen LogP contribution in [-0.2, 0) is 5.41 Å². The maximum absolute atomic E-state index is 5.50. The molecule has 3 heterocycles. The van der Waals surface area contributed by atoms with Crippen LogP contribution in [-0.4, -0.2) is 19.5 Å². The first-order valence-corrected chi connectivity index (χ1v) is 20.9. The van der Waals surface area contributed by atoms with Crippen molar-refractivity contribution in [3.05, 3.63) is 193 Å². The predicted molar refractivity (Wildman–Crippen MR) is 246 cm³/mol. The highest BCUT2D eigenvalue weighted by Gasteiger charge is 2.38. The van der Waals surface area contributed by atoms with Gasteiger partial charge in [-0.05, 0) is 68.8 Å². The molecule has 0 N–H and O–H groups in total. The summed E-state index contributed by atoms with van der Waals surface area (Å²) in [7, 11) is 0. The molecule has 0 radical (unpaired) electrons. The van der Waals surface area contributed by atoms with Crippen LogP contribution in [0.5, 0.6) is 0 Å². The van der Waals surface area contributed by atoms with Gasteiger partial charge in [-0.3, -0.25) is 4.57 Å². The van der Waals surface area contributed by atoms with Crippen molar-refractivity contribution in [1.82, 2.24) is 19.5 Å². The maximum Gasteiger partial charge on any atom is 0.238 e. The Bertz CT molecular complexity index is 3480. The van der Waals surface area contributed by atoms with Gasteiger partial charge in [0.1, 0.15) is 0 Å². The van der Waals surface area contributed by atoms with Crippen LogP contribution in [0.1, 0.15) is 25.0 Å². The number of fused-ring (bicyclic) bond motifs is 10. The zero-order valence-corrected chi connectivity index (χ0v) is 33.3. The molecule has 0 bridgehead atoms. The predicted octanol–water partition coefficient (Wildman–Crippen LogP) is 14.3. The molecule has 0 unspecified atom stereocenters. The Labute approximate surface area is 345 Å². The van der Waals surface area contributed by atoms with Gasteiger partial charge in [0.15, 0.2) is 11.6 Å². The average molecular weight is 773 g/mol. The highest BCUT2D eigenvalue weighted by atomic mass is 32.1. The summed E-state index contributed by atoms with van der Waals surface area (Å²) in [6.07, 6.45) is 0. The SMILES string of the molecule is CC1(C)c2ccccc2-c2ccc3c4ccccc4n(-c4nc(-c5cccc(-c6ccccc6-c6ccccc6)c5)nc(-c5cccc6c5sc5ccccc56)n4)c3c21. The van der Waals surface area contributed by atoms with E-state index in [1.807, 2.05) is 0 Å². The van der Waals surface area contributed by atoms with Gasteiger partial charge in [0, 0.05) is 47.5 Å². The standard InChI is InChI=1S/C54H36N4S/c1-54(2)45-27-11-8-22-38(45)41-30-31-42-39-23-9-12-28-46(39)58(49(42)48(41)54)53-56-51(55-52(57-53)44-26-15-25-43-40-24-10-13-29-47(40)59-50(43)44)35-19-14-18-34(32-35)37-21-7-6-20-36(37)33-16-4-3-5-17-33/h3-32H,1-2H3. The van der Waals surface area contributed by atoms with Crippen molar-refractivity contribution in [1.29, 1.82) is 0 Å². The minimum atomic E-state index is -0.251. The van der Waals surface area contributed by atoms with Crippen LogP contribution in [0.25, 0.3) is 104 Å². The van der Waals surface area contributed by atoms with Gasteiger partial charge >= 0.3 is 0 Å². The van der Waals surface area contributed by atoms with Gasteiger partial charge in [0.25, 0.3) is 0 Å². The van der Waals surface area contributed by atoms with E-state index in [2.05, 4.69) is 200 Å². The molecule has 1 aliphatic carbocycles. The lowest BCUT2D eigenvalue weighted by molar-refractivity contribution is 0.663. The summed E-state index contributed by atoms with van der Waals surface area (Å²) >= 11 is 1.79. The van der Waals surface area contributed by atoms with Gasteiger partial charge in [-0.25, -0.2) is 4.98 Å². The van der Waals surface area contributed by atoms with E-state index in [-0.39, 0.29) is 5.41 Å². The molecule has 0 spiro atoms. The quantitative estimate of drug-likeness (QED) is 0.175. The van der Waals surface area contributed by atoms with Crippen LogP contribution in [0, 0.1) is 0 Å². The van der Waals surface area contributed by atoms with Crippen molar-refractivity contribution in [2.24, 2.45) is 0 Å². The Morgan fingerprint density at radius 2 is 1.07 bits per heavy atom. The Morgan fingerprint density at radius 1 is 0.441 bits per heavy atom. The third-order valence-corrected chi connectivity index (χ3v) is 13.5. The molecule has 0 amide bonds. The number of nitrogens with zero attached hydrogens (tertiary/aromatic N) is 4. The molecule has 0 saturated carbocycles. The maximum atomic E-state index is 5.50. The summed E-state index contributed by atoms with van der Waals surface area (Å²) in [4.78, 5) is 16.4. The molecule has 1 aliphatic rings. The monoisotopic (exact) mass is 772 g/mol. The minimum Gasteiger partial charge on any atom is -0.277 e. The average Bonchev–Trinajstić information content (AvgIpc) is 3.92. The van der Waals surface area contributed by atoms with Gasteiger partial charge in [-0.15, -0.1) is 11.3 Å². The second kappa shape index (κ2) is 12.9. The number of rotatable bonds is 5. The molecule has 8 aromatic carbocycles. The van der Waals surface area contributed by atoms with Crippen LogP contribution in [0.2, 0.25) is 0 Å². The van der Waals surface area contributed by atoms with Crippen LogP contribution in [0.4, 0.5) is 0 Å². The van der Waals surface area contributed by atoms with E-state index in [1.54, 1.807) is 11.3 Å². The van der Waals surface area contributed by atoms with Crippen LogP contribution in [0.15, 0.2) is 182 Å². The smallest absolute Gasteiger partial charge is 0.238 e. The molecule has 5 heteroatoms. The molecule has 278 valence electrons. The zero-order valence-electron chi connectivity index (χ0n) is 32.5. The lowest BCUT2D eigenvalue weighted by Crippen LogP contribution is -2.17. The van der Waals surface area contributed by atoms with E-state index in [4.69, 9.17) is 15.0 Å². The second-order valence-corrected chi connectivity index (χ2v) is 17.0. The molecule has 0 saturated heterocycles.